The Kier molecular flexibility index (Phi) is 7.18. The number of amides is 2. The van der Waals surface area contributed by atoms with Gasteiger partial charge in [0, 0.05) is 12.6 Å². The molecule has 1 aromatic rings. The molecule has 0 spiro atoms. The smallest absolute Gasteiger partial charge is 0.243 e. The van der Waals surface area contributed by atoms with Crippen molar-refractivity contribution in [3.05, 3.63) is 35.4 Å². The Morgan fingerprint density at radius 2 is 2.03 bits per heavy atom. The van der Waals surface area contributed by atoms with Crippen LogP contribution < -0.4 is 16.0 Å². The average molecular weight is 459 g/mol. The Labute approximate surface area is 196 Å². The molecule has 3 N–H and O–H groups in total. The molecular formula is C25H38N4O2S. The zero-order valence-corrected chi connectivity index (χ0v) is 20.6. The molecule has 7 heteroatoms. The van der Waals surface area contributed by atoms with Crippen molar-refractivity contribution in [2.24, 2.45) is 5.41 Å². The highest BCUT2D eigenvalue weighted by Crippen LogP contribution is 2.46. The molecule has 2 amide bonds. The summed E-state index contributed by atoms with van der Waals surface area (Å²) in [5.41, 5.74) is 2.31. The van der Waals surface area contributed by atoms with Gasteiger partial charge in [-0.2, -0.15) is 0 Å². The van der Waals surface area contributed by atoms with Gasteiger partial charge in [-0.1, -0.05) is 38.1 Å². The van der Waals surface area contributed by atoms with E-state index in [1.54, 1.807) is 0 Å². The Morgan fingerprint density at radius 3 is 2.81 bits per heavy atom. The average Bonchev–Trinajstić information content (AvgIpc) is 2.96. The Bertz CT molecular complexity index is 845. The maximum atomic E-state index is 13.7. The summed E-state index contributed by atoms with van der Waals surface area (Å²) in [4.78, 5) is 29.3. The molecule has 2 saturated heterocycles. The van der Waals surface area contributed by atoms with Crippen LogP contribution in [0.1, 0.15) is 63.6 Å². The molecule has 0 saturated carbocycles. The van der Waals surface area contributed by atoms with E-state index in [9.17, 15) is 9.59 Å². The topological polar surface area (TPSA) is 73.5 Å². The van der Waals surface area contributed by atoms with Crippen LogP contribution in [0.15, 0.2) is 24.3 Å². The number of benzene rings is 1. The third-order valence-electron chi connectivity index (χ3n) is 7.40. The van der Waals surface area contributed by atoms with E-state index in [1.165, 1.54) is 11.1 Å². The Balaban J connectivity index is 1.54. The molecule has 2 fully saturated rings. The van der Waals surface area contributed by atoms with Crippen molar-refractivity contribution in [2.45, 2.75) is 82.4 Å². The predicted molar refractivity (Wildman–Crippen MR) is 130 cm³/mol. The van der Waals surface area contributed by atoms with Crippen molar-refractivity contribution in [3.8, 4) is 0 Å². The number of nitrogens with one attached hydrogen (secondary N) is 3. The number of rotatable bonds is 6. The van der Waals surface area contributed by atoms with Gasteiger partial charge in [0.15, 0.2) is 0 Å². The van der Waals surface area contributed by atoms with Crippen LogP contribution in [0.2, 0.25) is 0 Å². The summed E-state index contributed by atoms with van der Waals surface area (Å²) in [6.07, 6.45) is 4.75. The number of aryl methyl sites for hydroxylation is 1. The highest BCUT2D eigenvalue weighted by molar-refractivity contribution is 7.99. The van der Waals surface area contributed by atoms with E-state index in [4.69, 9.17) is 0 Å². The Morgan fingerprint density at radius 1 is 1.25 bits per heavy atom. The molecule has 1 unspecified atom stereocenters. The first-order valence-corrected chi connectivity index (χ1v) is 13.1. The van der Waals surface area contributed by atoms with Crippen molar-refractivity contribution in [2.75, 3.05) is 19.3 Å². The van der Waals surface area contributed by atoms with Gasteiger partial charge in [-0.15, -0.1) is 11.8 Å². The van der Waals surface area contributed by atoms with Crippen LogP contribution in [-0.2, 0) is 16.0 Å². The highest BCUT2D eigenvalue weighted by Gasteiger charge is 2.54. The van der Waals surface area contributed by atoms with Gasteiger partial charge in [0.1, 0.15) is 6.04 Å². The molecule has 176 valence electrons. The summed E-state index contributed by atoms with van der Waals surface area (Å²) in [6.45, 7) is 7.11. The van der Waals surface area contributed by atoms with Crippen LogP contribution in [0.25, 0.3) is 0 Å². The maximum Gasteiger partial charge on any atom is 0.243 e. The number of carbonyl (C=O) groups excluding carboxylic acids is 2. The Hall–Kier alpha value is -1.57. The molecule has 4 rings (SSSR count). The van der Waals surface area contributed by atoms with Gasteiger partial charge in [0.2, 0.25) is 11.8 Å². The van der Waals surface area contributed by atoms with Gasteiger partial charge in [-0.3, -0.25) is 9.59 Å². The molecule has 2 heterocycles. The fourth-order valence-electron chi connectivity index (χ4n) is 5.48. The molecule has 0 radical (unpaired) electrons. The molecule has 3 aliphatic rings. The summed E-state index contributed by atoms with van der Waals surface area (Å²) in [5, 5.41) is 10.1. The number of likely N-dealkylation sites (N-methyl/N-ethyl adjacent to an activating group) is 1. The minimum atomic E-state index is -0.439. The zero-order valence-electron chi connectivity index (χ0n) is 19.8. The first-order chi connectivity index (χ1) is 15.3. The fourth-order valence-corrected chi connectivity index (χ4v) is 7.06. The lowest BCUT2D eigenvalue weighted by atomic mass is 9.83. The van der Waals surface area contributed by atoms with Crippen LogP contribution in [0.4, 0.5) is 0 Å². The summed E-state index contributed by atoms with van der Waals surface area (Å²) < 4.78 is 0. The lowest BCUT2D eigenvalue weighted by molar-refractivity contribution is -0.142. The van der Waals surface area contributed by atoms with Crippen molar-refractivity contribution < 1.29 is 9.59 Å². The number of hydrogen-bond donors (Lipinski definition) is 3. The molecule has 5 atom stereocenters. The predicted octanol–water partition coefficient (Wildman–Crippen LogP) is 2.84. The molecule has 6 nitrogen and oxygen atoms in total. The lowest BCUT2D eigenvalue weighted by Crippen LogP contribution is -2.57. The third-order valence-corrected chi connectivity index (χ3v) is 8.65. The lowest BCUT2D eigenvalue weighted by Gasteiger charge is -2.36. The van der Waals surface area contributed by atoms with E-state index in [1.807, 2.05) is 23.7 Å². The van der Waals surface area contributed by atoms with Gasteiger partial charge < -0.3 is 20.9 Å². The van der Waals surface area contributed by atoms with Crippen molar-refractivity contribution in [1.82, 2.24) is 20.9 Å². The summed E-state index contributed by atoms with van der Waals surface area (Å²) in [6, 6.07) is 8.07. The van der Waals surface area contributed by atoms with Gasteiger partial charge in [-0.25, -0.2) is 0 Å². The molecule has 2 aliphatic heterocycles. The largest absolute Gasteiger partial charge is 0.347 e. The van der Waals surface area contributed by atoms with Gasteiger partial charge >= 0.3 is 0 Å². The molecule has 32 heavy (non-hydrogen) atoms. The summed E-state index contributed by atoms with van der Waals surface area (Å²) in [7, 11) is 1.93. The SMILES string of the molecule is CN[C@@H](C)CN[C@H]1CCS[C@H]2CC(C)(C)C(C(=O)N[C@@H]3CCCc4ccccc43)N2C1=O. The molecule has 1 aromatic carbocycles. The standard InChI is InChI=1S/C25H38N4O2S/c1-16(26-4)15-27-20-12-13-32-21-14-25(2,3)22(29(21)24(20)31)23(30)28-19-11-7-9-17-8-5-6-10-18(17)19/h5-6,8,10,16,19-22,26-27H,7,9,11-15H2,1-4H3,(H,28,30)/t16-,19+,20-,21-,22?/m0/s1. The van der Waals surface area contributed by atoms with Crippen LogP contribution >= 0.6 is 11.8 Å². The van der Waals surface area contributed by atoms with Gasteiger partial charge in [-0.05, 0) is 68.4 Å². The monoisotopic (exact) mass is 458 g/mol. The first-order valence-electron chi connectivity index (χ1n) is 12.0. The summed E-state index contributed by atoms with van der Waals surface area (Å²) >= 11 is 1.83. The number of thioether (sulfide) groups is 1. The normalized spacial score (nSPS) is 30.2. The van der Waals surface area contributed by atoms with Crippen molar-refractivity contribution >= 4 is 23.6 Å². The summed E-state index contributed by atoms with van der Waals surface area (Å²) in [5.74, 6) is 1.01. The van der Waals surface area contributed by atoms with Crippen molar-refractivity contribution in [1.29, 1.82) is 0 Å². The van der Waals surface area contributed by atoms with E-state index in [-0.39, 0.29) is 40.7 Å². The van der Waals surface area contributed by atoms with Gasteiger partial charge in [0.25, 0.3) is 0 Å². The van der Waals surface area contributed by atoms with E-state index < -0.39 is 6.04 Å². The second kappa shape index (κ2) is 9.74. The maximum absolute atomic E-state index is 13.7. The number of nitrogens with zero attached hydrogens (tertiary/aromatic N) is 1. The van der Waals surface area contributed by atoms with E-state index in [2.05, 4.69) is 61.0 Å². The fraction of sp³-hybridized carbons (Fsp3) is 0.680. The third kappa shape index (κ3) is 4.70. The minimum Gasteiger partial charge on any atom is -0.347 e. The molecule has 0 bridgehead atoms. The molecule has 1 aliphatic carbocycles. The molecular weight excluding hydrogens is 420 g/mol. The number of carbonyl (C=O) groups is 2. The second-order valence-corrected chi connectivity index (χ2v) is 11.5. The zero-order chi connectivity index (χ0) is 22.9. The first kappa shape index (κ1) is 23.6. The van der Waals surface area contributed by atoms with E-state index in [0.29, 0.717) is 0 Å². The number of fused-ring (bicyclic) bond motifs is 2. The number of hydrogen-bond acceptors (Lipinski definition) is 5. The van der Waals surface area contributed by atoms with Crippen molar-refractivity contribution in [3.63, 3.8) is 0 Å². The second-order valence-electron chi connectivity index (χ2n) is 10.3. The molecule has 0 aromatic heterocycles. The van der Waals surface area contributed by atoms with Crippen LogP contribution in [0.5, 0.6) is 0 Å². The highest BCUT2D eigenvalue weighted by atomic mass is 32.2. The van der Waals surface area contributed by atoms with E-state index >= 15 is 0 Å². The van der Waals surface area contributed by atoms with E-state index in [0.717, 1.165) is 44.4 Å². The van der Waals surface area contributed by atoms with Crippen LogP contribution in [0.3, 0.4) is 0 Å². The minimum absolute atomic E-state index is 0.00241. The quantitative estimate of drug-likeness (QED) is 0.611. The van der Waals surface area contributed by atoms with Gasteiger partial charge in [0.05, 0.1) is 17.5 Å². The van der Waals surface area contributed by atoms with Crippen LogP contribution in [0, 0.1) is 5.41 Å². The van der Waals surface area contributed by atoms with Crippen LogP contribution in [-0.4, -0.2) is 59.6 Å².